The molecule has 0 radical (unpaired) electrons. The lowest BCUT2D eigenvalue weighted by Crippen LogP contribution is -2.11. The van der Waals surface area contributed by atoms with Gasteiger partial charge in [-0.3, -0.25) is 0 Å². The van der Waals surface area contributed by atoms with Gasteiger partial charge in [0.25, 0.3) is 0 Å². The van der Waals surface area contributed by atoms with Crippen molar-refractivity contribution in [3.63, 3.8) is 0 Å². The van der Waals surface area contributed by atoms with E-state index < -0.39 is 6.10 Å². The number of methoxy groups -OCH3 is 1. The minimum atomic E-state index is -0.637. The van der Waals surface area contributed by atoms with E-state index in [-0.39, 0.29) is 6.61 Å². The summed E-state index contributed by atoms with van der Waals surface area (Å²) in [5, 5.41) is 10.2. The van der Waals surface area contributed by atoms with E-state index in [4.69, 9.17) is 9.47 Å². The Morgan fingerprint density at radius 3 is 2.50 bits per heavy atom. The molecule has 0 fully saturated rings. The Bertz CT molecular complexity index is 578. The first-order valence-corrected chi connectivity index (χ1v) is 6.62. The highest BCUT2D eigenvalue weighted by molar-refractivity contribution is 5.34. The molecule has 0 aliphatic carbocycles. The van der Waals surface area contributed by atoms with Crippen molar-refractivity contribution in [2.45, 2.75) is 20.0 Å². The Labute approximate surface area is 119 Å². The maximum Gasteiger partial charge on any atom is 0.123 e. The van der Waals surface area contributed by atoms with Crippen LogP contribution in [0.15, 0.2) is 42.5 Å². The summed E-state index contributed by atoms with van der Waals surface area (Å²) < 4.78 is 10.8. The highest BCUT2D eigenvalue weighted by Gasteiger charge is 2.11. The van der Waals surface area contributed by atoms with Crippen molar-refractivity contribution >= 4 is 0 Å². The summed E-state index contributed by atoms with van der Waals surface area (Å²) in [6.45, 7) is 4.25. The SMILES string of the molecule is COc1cccc(OCC(O)c2ccc(C)cc2C)c1. The van der Waals surface area contributed by atoms with Crippen molar-refractivity contribution in [3.05, 3.63) is 59.2 Å². The van der Waals surface area contributed by atoms with Crippen molar-refractivity contribution in [2.24, 2.45) is 0 Å². The minimum Gasteiger partial charge on any atom is -0.497 e. The molecular weight excluding hydrogens is 252 g/mol. The Morgan fingerprint density at radius 1 is 1.05 bits per heavy atom. The molecule has 0 aliphatic heterocycles. The highest BCUT2D eigenvalue weighted by atomic mass is 16.5. The molecule has 20 heavy (non-hydrogen) atoms. The number of aliphatic hydroxyl groups excluding tert-OH is 1. The molecule has 3 heteroatoms. The van der Waals surface area contributed by atoms with Crippen molar-refractivity contribution < 1.29 is 14.6 Å². The Morgan fingerprint density at radius 2 is 1.80 bits per heavy atom. The monoisotopic (exact) mass is 272 g/mol. The first-order chi connectivity index (χ1) is 9.60. The smallest absolute Gasteiger partial charge is 0.123 e. The first kappa shape index (κ1) is 14.4. The minimum absolute atomic E-state index is 0.219. The number of rotatable bonds is 5. The third-order valence-electron chi connectivity index (χ3n) is 3.23. The number of hydrogen-bond donors (Lipinski definition) is 1. The average molecular weight is 272 g/mol. The summed E-state index contributed by atoms with van der Waals surface area (Å²) in [5.41, 5.74) is 3.16. The Kier molecular flexibility index (Phi) is 4.64. The maximum absolute atomic E-state index is 10.2. The summed E-state index contributed by atoms with van der Waals surface area (Å²) in [7, 11) is 1.61. The zero-order valence-electron chi connectivity index (χ0n) is 12.1. The predicted octanol–water partition coefficient (Wildman–Crippen LogP) is 3.42. The topological polar surface area (TPSA) is 38.7 Å². The van der Waals surface area contributed by atoms with Crippen LogP contribution in [0.1, 0.15) is 22.8 Å². The zero-order valence-corrected chi connectivity index (χ0v) is 12.1. The molecule has 1 atom stereocenters. The van der Waals surface area contributed by atoms with Crippen molar-refractivity contribution in [2.75, 3.05) is 13.7 Å². The van der Waals surface area contributed by atoms with E-state index in [1.807, 2.05) is 44.2 Å². The number of aliphatic hydroxyl groups is 1. The van der Waals surface area contributed by atoms with Crippen LogP contribution in [0.2, 0.25) is 0 Å². The van der Waals surface area contributed by atoms with E-state index >= 15 is 0 Å². The maximum atomic E-state index is 10.2. The highest BCUT2D eigenvalue weighted by Crippen LogP contribution is 2.22. The molecular formula is C17H20O3. The first-order valence-electron chi connectivity index (χ1n) is 6.62. The van der Waals surface area contributed by atoms with Crippen LogP contribution in [-0.2, 0) is 0 Å². The fraction of sp³-hybridized carbons (Fsp3) is 0.294. The van der Waals surface area contributed by atoms with Crippen molar-refractivity contribution in [1.82, 2.24) is 0 Å². The van der Waals surface area contributed by atoms with Crippen molar-refractivity contribution in [1.29, 1.82) is 0 Å². The molecule has 2 aromatic carbocycles. The fourth-order valence-corrected chi connectivity index (χ4v) is 2.16. The van der Waals surface area contributed by atoms with Gasteiger partial charge in [-0.25, -0.2) is 0 Å². The van der Waals surface area contributed by atoms with E-state index in [0.29, 0.717) is 5.75 Å². The molecule has 0 aliphatic rings. The molecule has 2 rings (SSSR count). The Hall–Kier alpha value is -2.00. The number of benzene rings is 2. The van der Waals surface area contributed by atoms with Gasteiger partial charge in [-0.1, -0.05) is 29.8 Å². The third kappa shape index (κ3) is 3.52. The lowest BCUT2D eigenvalue weighted by Gasteiger charge is -2.15. The number of ether oxygens (including phenoxy) is 2. The van der Waals surface area contributed by atoms with Gasteiger partial charge in [0, 0.05) is 6.07 Å². The molecule has 0 amide bonds. The van der Waals surface area contributed by atoms with Crippen LogP contribution in [0.4, 0.5) is 0 Å². The van der Waals surface area contributed by atoms with Crippen LogP contribution in [-0.4, -0.2) is 18.8 Å². The van der Waals surface area contributed by atoms with E-state index in [9.17, 15) is 5.11 Å². The van der Waals surface area contributed by atoms with Crippen LogP contribution in [0, 0.1) is 13.8 Å². The molecule has 2 aromatic rings. The van der Waals surface area contributed by atoms with E-state index in [0.717, 1.165) is 16.9 Å². The molecule has 1 unspecified atom stereocenters. The predicted molar refractivity (Wildman–Crippen MR) is 79.4 cm³/mol. The van der Waals surface area contributed by atoms with Gasteiger partial charge in [0.15, 0.2) is 0 Å². The molecule has 1 N–H and O–H groups in total. The lowest BCUT2D eigenvalue weighted by atomic mass is 10.0. The summed E-state index contributed by atoms with van der Waals surface area (Å²) in [6.07, 6.45) is -0.637. The van der Waals surface area contributed by atoms with Crippen LogP contribution in [0.3, 0.4) is 0 Å². The summed E-state index contributed by atoms with van der Waals surface area (Å²) >= 11 is 0. The van der Waals surface area contributed by atoms with Gasteiger partial charge in [-0.15, -0.1) is 0 Å². The second-order valence-corrected chi connectivity index (χ2v) is 4.87. The van der Waals surface area contributed by atoms with E-state index in [2.05, 4.69) is 6.07 Å². The second-order valence-electron chi connectivity index (χ2n) is 4.87. The third-order valence-corrected chi connectivity index (χ3v) is 3.23. The van der Waals surface area contributed by atoms with Gasteiger partial charge in [-0.2, -0.15) is 0 Å². The number of hydrogen-bond acceptors (Lipinski definition) is 3. The zero-order chi connectivity index (χ0) is 14.5. The lowest BCUT2D eigenvalue weighted by molar-refractivity contribution is 0.107. The van der Waals surface area contributed by atoms with Gasteiger partial charge < -0.3 is 14.6 Å². The molecule has 0 saturated carbocycles. The largest absolute Gasteiger partial charge is 0.497 e. The molecule has 0 aromatic heterocycles. The normalized spacial score (nSPS) is 12.0. The summed E-state index contributed by atoms with van der Waals surface area (Å²) in [5.74, 6) is 1.43. The Balaban J connectivity index is 2.02. The van der Waals surface area contributed by atoms with Crippen molar-refractivity contribution in [3.8, 4) is 11.5 Å². The molecule has 0 bridgehead atoms. The molecule has 0 spiro atoms. The average Bonchev–Trinajstić information content (AvgIpc) is 2.45. The second kappa shape index (κ2) is 6.44. The van der Waals surface area contributed by atoms with E-state index in [1.54, 1.807) is 13.2 Å². The standard InChI is InChI=1S/C17H20O3/c1-12-7-8-16(13(2)9-12)17(18)11-20-15-6-4-5-14(10-15)19-3/h4-10,17-18H,11H2,1-3H3. The van der Waals surface area contributed by atoms with E-state index in [1.165, 1.54) is 5.56 Å². The van der Waals surface area contributed by atoms with Crippen LogP contribution >= 0.6 is 0 Å². The number of aryl methyl sites for hydroxylation is 2. The van der Waals surface area contributed by atoms with Gasteiger partial charge in [-0.05, 0) is 37.1 Å². The van der Waals surface area contributed by atoms with Gasteiger partial charge in [0.05, 0.1) is 7.11 Å². The van der Waals surface area contributed by atoms with Gasteiger partial charge in [0.1, 0.15) is 24.2 Å². The molecule has 3 nitrogen and oxygen atoms in total. The fourth-order valence-electron chi connectivity index (χ4n) is 2.16. The van der Waals surface area contributed by atoms with Crippen LogP contribution in [0.25, 0.3) is 0 Å². The molecule has 106 valence electrons. The van der Waals surface area contributed by atoms with Gasteiger partial charge >= 0.3 is 0 Å². The summed E-state index contributed by atoms with van der Waals surface area (Å²) in [6, 6.07) is 13.4. The molecule has 0 saturated heterocycles. The quantitative estimate of drug-likeness (QED) is 0.906. The van der Waals surface area contributed by atoms with Crippen LogP contribution in [0.5, 0.6) is 11.5 Å². The molecule has 0 heterocycles. The van der Waals surface area contributed by atoms with Crippen LogP contribution < -0.4 is 9.47 Å². The van der Waals surface area contributed by atoms with Gasteiger partial charge in [0.2, 0.25) is 0 Å². The summed E-state index contributed by atoms with van der Waals surface area (Å²) in [4.78, 5) is 0.